The van der Waals surface area contributed by atoms with Gasteiger partial charge in [-0.3, -0.25) is 0 Å². The maximum absolute atomic E-state index is 9.13. The molecule has 0 aliphatic heterocycles. The van der Waals surface area contributed by atoms with Crippen LogP contribution < -0.4 is 5.73 Å². The first-order chi connectivity index (χ1) is 11.6. The Hall–Kier alpha value is -2.19. The van der Waals surface area contributed by atoms with Crippen LogP contribution in [0, 0.1) is 0 Å². The smallest absolute Gasteiger partial charge is 0.143 e. The summed E-state index contributed by atoms with van der Waals surface area (Å²) in [5, 5.41) is 29.6. The van der Waals surface area contributed by atoms with Gasteiger partial charge in [0.25, 0.3) is 0 Å². The summed E-state index contributed by atoms with van der Waals surface area (Å²) in [6.45, 7) is -0.250. The number of nitrogens with zero attached hydrogens (tertiary/aromatic N) is 4. The zero-order valence-corrected chi connectivity index (χ0v) is 14.0. The molecule has 4 N–H and O–H groups in total. The van der Waals surface area contributed by atoms with Crippen LogP contribution in [0.5, 0.6) is 0 Å². The largest absolute Gasteiger partial charge is 0.398 e. The van der Waals surface area contributed by atoms with Crippen LogP contribution in [-0.2, 0) is 13.2 Å². The molecule has 0 saturated carbocycles. The number of halogens is 2. The van der Waals surface area contributed by atoms with Crippen molar-refractivity contribution in [2.75, 3.05) is 5.73 Å². The predicted octanol–water partition coefficient (Wildman–Crippen LogP) is 2.22. The van der Waals surface area contributed by atoms with E-state index in [1.54, 1.807) is 36.4 Å². The molecule has 0 aliphatic rings. The minimum absolute atomic E-state index is 0.106. The average molecular weight is 368 g/mol. The Morgan fingerprint density at radius 3 is 2.08 bits per heavy atom. The number of rotatable bonds is 3. The van der Waals surface area contributed by atoms with Gasteiger partial charge in [0.1, 0.15) is 6.33 Å². The number of nitrogens with two attached hydrogens (primary N) is 1. The van der Waals surface area contributed by atoms with Gasteiger partial charge in [-0.1, -0.05) is 35.3 Å². The molecule has 7 nitrogen and oxygen atoms in total. The maximum atomic E-state index is 9.13. The lowest BCUT2D eigenvalue weighted by Crippen LogP contribution is -2.01. The lowest BCUT2D eigenvalue weighted by molar-refractivity contribution is 0.281. The Bertz CT molecular complexity index is 776. The second-order valence-corrected chi connectivity index (χ2v) is 5.43. The van der Waals surface area contributed by atoms with E-state index in [4.69, 9.17) is 39.1 Å². The van der Waals surface area contributed by atoms with Crippen molar-refractivity contribution >= 4 is 28.9 Å². The second-order valence-electron chi connectivity index (χ2n) is 4.62. The van der Waals surface area contributed by atoms with Crippen LogP contribution in [-0.4, -0.2) is 30.4 Å². The first-order valence-electron chi connectivity index (χ1n) is 6.83. The molecule has 0 spiro atoms. The Kier molecular flexibility index (Phi) is 6.51. The number of hydrogen-bond donors (Lipinski definition) is 3. The number of aliphatic hydroxyl groups is 2. The molecule has 0 unspecified atom stereocenters. The Morgan fingerprint density at radius 2 is 1.58 bits per heavy atom. The maximum Gasteiger partial charge on any atom is 0.143 e. The molecule has 0 amide bonds. The number of anilines is 1. The molecule has 2 aromatic carbocycles. The Labute approximate surface area is 148 Å². The summed E-state index contributed by atoms with van der Waals surface area (Å²) in [6.07, 6.45) is 1.45. The van der Waals surface area contributed by atoms with E-state index in [0.29, 0.717) is 32.5 Å². The van der Waals surface area contributed by atoms with Gasteiger partial charge in [0, 0.05) is 26.9 Å². The van der Waals surface area contributed by atoms with Crippen molar-refractivity contribution in [2.24, 2.45) is 0 Å². The topological polar surface area (TPSA) is 110 Å². The van der Waals surface area contributed by atoms with Gasteiger partial charge in [0.05, 0.1) is 18.9 Å². The molecule has 1 heterocycles. The lowest BCUT2D eigenvalue weighted by Gasteiger charge is -2.06. The minimum atomic E-state index is -0.144. The van der Waals surface area contributed by atoms with Crippen LogP contribution in [0.15, 0.2) is 42.7 Å². The molecule has 0 aliphatic carbocycles. The van der Waals surface area contributed by atoms with Gasteiger partial charge >= 0.3 is 0 Å². The van der Waals surface area contributed by atoms with Crippen LogP contribution in [0.3, 0.4) is 0 Å². The monoisotopic (exact) mass is 367 g/mol. The summed E-state index contributed by atoms with van der Waals surface area (Å²) in [5.74, 6) is 0. The van der Waals surface area contributed by atoms with E-state index in [1.807, 2.05) is 0 Å². The third kappa shape index (κ3) is 4.21. The average Bonchev–Trinajstić information content (AvgIpc) is 3.10. The Balaban J connectivity index is 0.000000185. The lowest BCUT2D eigenvalue weighted by atomic mass is 10.2. The van der Waals surface area contributed by atoms with Gasteiger partial charge < -0.3 is 15.9 Å². The van der Waals surface area contributed by atoms with E-state index in [0.717, 1.165) is 0 Å². The van der Waals surface area contributed by atoms with Gasteiger partial charge in [-0.15, -0.1) is 5.10 Å². The fourth-order valence-electron chi connectivity index (χ4n) is 1.93. The minimum Gasteiger partial charge on any atom is -0.398 e. The molecule has 1 aromatic heterocycles. The van der Waals surface area contributed by atoms with Gasteiger partial charge in [-0.25, -0.2) is 4.68 Å². The quantitative estimate of drug-likeness (QED) is 0.612. The summed E-state index contributed by atoms with van der Waals surface area (Å²) in [7, 11) is 0. The highest BCUT2D eigenvalue weighted by molar-refractivity contribution is 6.32. The molecular weight excluding hydrogens is 353 g/mol. The predicted molar refractivity (Wildman–Crippen MR) is 91.9 cm³/mol. The summed E-state index contributed by atoms with van der Waals surface area (Å²) in [5.41, 5.74) is 7.92. The van der Waals surface area contributed by atoms with Gasteiger partial charge in [0.2, 0.25) is 0 Å². The van der Waals surface area contributed by atoms with E-state index in [1.165, 1.54) is 11.0 Å². The van der Waals surface area contributed by atoms with Crippen molar-refractivity contribution in [2.45, 2.75) is 13.2 Å². The van der Waals surface area contributed by atoms with Crippen molar-refractivity contribution in [1.29, 1.82) is 0 Å². The SMILES string of the molecule is Nc1cccc(Cl)c1CO.OCc1c(Cl)cccc1-n1cnnn1. The molecule has 0 radical (unpaired) electrons. The van der Waals surface area contributed by atoms with Crippen molar-refractivity contribution in [3.05, 3.63) is 63.9 Å². The highest BCUT2D eigenvalue weighted by Gasteiger charge is 2.08. The first kappa shape index (κ1) is 18.2. The standard InChI is InChI=1S/C8H7ClN4O.C7H8ClNO/c9-7-2-1-3-8(6(7)4-14)13-5-10-11-12-13;8-6-2-1-3-7(9)5(6)4-10/h1-3,5,14H,4H2;1-3,10H,4,9H2. The molecule has 0 bridgehead atoms. The molecule has 0 atom stereocenters. The van der Waals surface area contributed by atoms with E-state index in [9.17, 15) is 0 Å². The summed E-state index contributed by atoms with van der Waals surface area (Å²) < 4.78 is 1.46. The fraction of sp³-hybridized carbons (Fsp3) is 0.133. The van der Waals surface area contributed by atoms with E-state index < -0.39 is 0 Å². The molecule has 126 valence electrons. The van der Waals surface area contributed by atoms with Crippen LogP contribution >= 0.6 is 23.2 Å². The van der Waals surface area contributed by atoms with Crippen molar-refractivity contribution in [3.8, 4) is 5.69 Å². The molecular formula is C15H15Cl2N5O2. The molecule has 9 heteroatoms. The van der Waals surface area contributed by atoms with Gasteiger partial charge in [0.15, 0.2) is 0 Å². The number of nitrogen functional groups attached to an aromatic ring is 1. The molecule has 3 aromatic rings. The third-order valence-electron chi connectivity index (χ3n) is 3.16. The number of aromatic nitrogens is 4. The highest BCUT2D eigenvalue weighted by atomic mass is 35.5. The normalized spacial score (nSPS) is 10.2. The van der Waals surface area contributed by atoms with Crippen LogP contribution in [0.4, 0.5) is 5.69 Å². The summed E-state index contributed by atoms with van der Waals surface area (Å²) >= 11 is 11.6. The molecule has 24 heavy (non-hydrogen) atoms. The van der Waals surface area contributed by atoms with E-state index >= 15 is 0 Å². The summed E-state index contributed by atoms with van der Waals surface area (Å²) in [6, 6.07) is 10.4. The van der Waals surface area contributed by atoms with Crippen LogP contribution in [0.1, 0.15) is 11.1 Å². The van der Waals surface area contributed by atoms with Crippen molar-refractivity contribution in [3.63, 3.8) is 0 Å². The molecule has 3 rings (SSSR count). The zero-order chi connectivity index (χ0) is 17.5. The third-order valence-corrected chi connectivity index (χ3v) is 3.87. The first-order valence-corrected chi connectivity index (χ1v) is 7.59. The van der Waals surface area contributed by atoms with Crippen LogP contribution in [0.25, 0.3) is 5.69 Å². The Morgan fingerprint density at radius 1 is 0.958 bits per heavy atom. The van der Waals surface area contributed by atoms with E-state index in [2.05, 4.69) is 15.5 Å². The molecule has 0 saturated heterocycles. The molecule has 0 fully saturated rings. The van der Waals surface area contributed by atoms with Gasteiger partial charge in [-0.05, 0) is 34.7 Å². The zero-order valence-electron chi connectivity index (χ0n) is 12.5. The summed E-state index contributed by atoms with van der Waals surface area (Å²) in [4.78, 5) is 0. The van der Waals surface area contributed by atoms with Gasteiger partial charge in [-0.2, -0.15) is 0 Å². The second kappa shape index (κ2) is 8.60. The van der Waals surface area contributed by atoms with Crippen molar-refractivity contribution < 1.29 is 10.2 Å². The fourth-order valence-corrected chi connectivity index (χ4v) is 2.40. The van der Waals surface area contributed by atoms with Crippen LogP contribution in [0.2, 0.25) is 10.0 Å². The number of tetrazole rings is 1. The van der Waals surface area contributed by atoms with E-state index in [-0.39, 0.29) is 13.2 Å². The number of aliphatic hydroxyl groups excluding tert-OH is 2. The van der Waals surface area contributed by atoms with Crippen molar-refractivity contribution in [1.82, 2.24) is 20.2 Å². The number of benzene rings is 2. The number of hydrogen-bond acceptors (Lipinski definition) is 6. The highest BCUT2D eigenvalue weighted by Crippen LogP contribution is 2.22.